The van der Waals surface area contributed by atoms with Crippen molar-refractivity contribution in [1.82, 2.24) is 0 Å². The van der Waals surface area contributed by atoms with E-state index in [2.05, 4.69) is 32.9 Å². The summed E-state index contributed by atoms with van der Waals surface area (Å²) in [6.07, 6.45) is 4.44. The Hall–Kier alpha value is -3.17. The quantitative estimate of drug-likeness (QED) is 0.0854. The Balaban J connectivity index is 5.45. The molecule has 0 aliphatic heterocycles. The highest BCUT2D eigenvalue weighted by molar-refractivity contribution is 5.81. The first kappa shape index (κ1) is 30.8. The Bertz CT molecular complexity index is 676. The summed E-state index contributed by atoms with van der Waals surface area (Å²) in [5.41, 5.74) is -0.908. The minimum Gasteiger partial charge on any atom is -0.493 e. The van der Waals surface area contributed by atoms with Gasteiger partial charge < -0.3 is 28.4 Å². The predicted molar refractivity (Wildman–Crippen MR) is 127 cm³/mol. The molecule has 9 nitrogen and oxygen atoms in total. The summed E-state index contributed by atoms with van der Waals surface area (Å²) >= 11 is 0. The second-order valence-electron chi connectivity index (χ2n) is 7.68. The van der Waals surface area contributed by atoms with Gasteiger partial charge in [-0.3, -0.25) is 0 Å². The van der Waals surface area contributed by atoms with Gasteiger partial charge in [-0.15, -0.1) is 0 Å². The number of allylic oxidation sites excluding steroid dienone is 1. The second-order valence-corrected chi connectivity index (χ2v) is 7.68. The Kier molecular flexibility index (Phi) is 15.7. The molecule has 0 rings (SSSR count). The van der Waals surface area contributed by atoms with Crippen LogP contribution in [0.25, 0.3) is 0 Å². The number of hydrogen-bond donors (Lipinski definition) is 0. The SMILES string of the molecule is C=CC(=C)OCC(COCC(COC(=O)C=C)COC(=O)C=C)(COC(=O)C=C)COC(C)C. The van der Waals surface area contributed by atoms with Gasteiger partial charge in [0.15, 0.2) is 0 Å². The van der Waals surface area contributed by atoms with E-state index in [-0.39, 0.29) is 52.4 Å². The number of carbonyl (C=O) groups excluding carboxylic acids is 3. The van der Waals surface area contributed by atoms with E-state index in [1.165, 1.54) is 6.08 Å². The molecular formula is C25H36O9. The first-order valence-corrected chi connectivity index (χ1v) is 10.6. The van der Waals surface area contributed by atoms with Gasteiger partial charge >= 0.3 is 17.9 Å². The number of carbonyl (C=O) groups is 3. The van der Waals surface area contributed by atoms with Crippen molar-refractivity contribution in [2.45, 2.75) is 20.0 Å². The van der Waals surface area contributed by atoms with Crippen LogP contribution in [-0.4, -0.2) is 70.3 Å². The molecule has 0 bridgehead atoms. The van der Waals surface area contributed by atoms with Gasteiger partial charge in [0.1, 0.15) is 19.0 Å². The molecule has 0 saturated carbocycles. The molecule has 0 aromatic heterocycles. The first-order valence-electron chi connectivity index (χ1n) is 10.6. The highest BCUT2D eigenvalue weighted by atomic mass is 16.6. The molecule has 0 radical (unpaired) electrons. The van der Waals surface area contributed by atoms with Crippen LogP contribution in [0.1, 0.15) is 13.8 Å². The van der Waals surface area contributed by atoms with Crippen LogP contribution in [0.3, 0.4) is 0 Å². The zero-order valence-electron chi connectivity index (χ0n) is 20.1. The number of hydrogen-bond acceptors (Lipinski definition) is 9. The fourth-order valence-electron chi connectivity index (χ4n) is 2.29. The van der Waals surface area contributed by atoms with E-state index >= 15 is 0 Å². The highest BCUT2D eigenvalue weighted by Gasteiger charge is 2.35. The van der Waals surface area contributed by atoms with Gasteiger partial charge in [-0.1, -0.05) is 32.9 Å². The summed E-state index contributed by atoms with van der Waals surface area (Å²) in [5, 5.41) is 0. The second kappa shape index (κ2) is 17.3. The summed E-state index contributed by atoms with van der Waals surface area (Å²) in [5.74, 6) is -1.99. The van der Waals surface area contributed by atoms with Crippen molar-refractivity contribution in [2.75, 3.05) is 46.2 Å². The fraction of sp³-hybridized carbons (Fsp3) is 0.480. The molecule has 0 aromatic rings. The van der Waals surface area contributed by atoms with Gasteiger partial charge in [0, 0.05) is 18.2 Å². The van der Waals surface area contributed by atoms with Crippen LogP contribution >= 0.6 is 0 Å². The molecule has 0 saturated heterocycles. The summed E-state index contributed by atoms with van der Waals surface area (Å²) in [6, 6.07) is 0. The smallest absolute Gasteiger partial charge is 0.330 e. The molecule has 0 heterocycles. The van der Waals surface area contributed by atoms with E-state index in [9.17, 15) is 14.4 Å². The Labute approximate surface area is 201 Å². The molecule has 34 heavy (non-hydrogen) atoms. The largest absolute Gasteiger partial charge is 0.493 e. The average molecular weight is 481 g/mol. The third-order valence-electron chi connectivity index (χ3n) is 4.22. The van der Waals surface area contributed by atoms with E-state index < -0.39 is 29.2 Å². The molecular weight excluding hydrogens is 444 g/mol. The third-order valence-corrected chi connectivity index (χ3v) is 4.22. The van der Waals surface area contributed by atoms with Crippen molar-refractivity contribution in [3.63, 3.8) is 0 Å². The molecule has 0 aliphatic rings. The van der Waals surface area contributed by atoms with Crippen molar-refractivity contribution in [3.8, 4) is 0 Å². The van der Waals surface area contributed by atoms with E-state index in [0.717, 1.165) is 18.2 Å². The van der Waals surface area contributed by atoms with Crippen molar-refractivity contribution in [2.24, 2.45) is 11.3 Å². The molecule has 1 unspecified atom stereocenters. The number of rotatable bonds is 20. The van der Waals surface area contributed by atoms with Crippen LogP contribution in [0.5, 0.6) is 0 Å². The minimum absolute atomic E-state index is 0.0376. The summed E-state index contributed by atoms with van der Waals surface area (Å²) in [4.78, 5) is 34.6. The lowest BCUT2D eigenvalue weighted by atomic mass is 9.92. The molecule has 0 amide bonds. The van der Waals surface area contributed by atoms with Crippen molar-refractivity contribution in [1.29, 1.82) is 0 Å². The van der Waals surface area contributed by atoms with E-state index in [4.69, 9.17) is 28.4 Å². The van der Waals surface area contributed by atoms with Crippen molar-refractivity contribution >= 4 is 17.9 Å². The monoisotopic (exact) mass is 480 g/mol. The normalized spacial score (nSPS) is 12.2. The zero-order chi connectivity index (χ0) is 26.0. The third kappa shape index (κ3) is 14.1. The number of ether oxygens (including phenoxy) is 6. The summed E-state index contributed by atoms with van der Waals surface area (Å²) < 4.78 is 32.7. The average Bonchev–Trinajstić information content (AvgIpc) is 2.84. The van der Waals surface area contributed by atoms with Crippen LogP contribution in [0.4, 0.5) is 0 Å². The topological polar surface area (TPSA) is 107 Å². The number of esters is 3. The van der Waals surface area contributed by atoms with Crippen LogP contribution in [0.2, 0.25) is 0 Å². The Morgan fingerprint density at radius 2 is 1.21 bits per heavy atom. The van der Waals surface area contributed by atoms with Crippen LogP contribution < -0.4 is 0 Å². The maximum atomic E-state index is 11.7. The van der Waals surface area contributed by atoms with Crippen LogP contribution in [-0.2, 0) is 42.8 Å². The van der Waals surface area contributed by atoms with Gasteiger partial charge in [-0.25, -0.2) is 14.4 Å². The lowest BCUT2D eigenvalue weighted by Gasteiger charge is -2.33. The molecule has 0 N–H and O–H groups in total. The highest BCUT2D eigenvalue weighted by Crippen LogP contribution is 2.23. The van der Waals surface area contributed by atoms with Gasteiger partial charge in [-0.2, -0.15) is 0 Å². The van der Waals surface area contributed by atoms with Gasteiger partial charge in [-0.05, 0) is 19.9 Å². The van der Waals surface area contributed by atoms with Crippen molar-refractivity contribution < 1.29 is 42.8 Å². The van der Waals surface area contributed by atoms with Crippen molar-refractivity contribution in [3.05, 3.63) is 63.0 Å². The molecule has 1 atom stereocenters. The standard InChI is InChI=1S/C25H36O9/c1-8-20(7)33-17-25(16-32-19(5)6,18-34-24(28)11-4)15-29-12-21(13-30-22(26)9-2)14-31-23(27)10-3/h8-11,19,21H,1-4,7,12-18H2,5-6H3. The molecule has 0 fully saturated rings. The molecule has 0 aromatic carbocycles. The fourth-order valence-corrected chi connectivity index (χ4v) is 2.29. The maximum absolute atomic E-state index is 11.7. The lowest BCUT2D eigenvalue weighted by Crippen LogP contribution is -2.43. The molecule has 0 aliphatic carbocycles. The summed E-state index contributed by atoms with van der Waals surface area (Å²) in [6.45, 7) is 21.2. The predicted octanol–water partition coefficient (Wildman–Crippen LogP) is 2.93. The van der Waals surface area contributed by atoms with Gasteiger partial charge in [0.2, 0.25) is 0 Å². The van der Waals surface area contributed by atoms with Crippen LogP contribution in [0.15, 0.2) is 63.0 Å². The summed E-state index contributed by atoms with van der Waals surface area (Å²) in [7, 11) is 0. The Morgan fingerprint density at radius 1 is 0.706 bits per heavy atom. The van der Waals surface area contributed by atoms with E-state index in [1.807, 2.05) is 13.8 Å². The molecule has 190 valence electrons. The Morgan fingerprint density at radius 3 is 1.68 bits per heavy atom. The van der Waals surface area contributed by atoms with Gasteiger partial charge in [0.05, 0.1) is 50.5 Å². The van der Waals surface area contributed by atoms with Gasteiger partial charge in [0.25, 0.3) is 0 Å². The molecule has 9 heteroatoms. The van der Waals surface area contributed by atoms with E-state index in [1.54, 1.807) is 0 Å². The lowest BCUT2D eigenvalue weighted by molar-refractivity contribution is -0.152. The molecule has 0 spiro atoms. The minimum atomic E-state index is -0.908. The maximum Gasteiger partial charge on any atom is 0.330 e. The van der Waals surface area contributed by atoms with Crippen LogP contribution in [0, 0.1) is 11.3 Å². The van der Waals surface area contributed by atoms with E-state index in [0.29, 0.717) is 5.76 Å². The zero-order valence-corrected chi connectivity index (χ0v) is 20.1. The first-order chi connectivity index (χ1) is 16.1.